The van der Waals surface area contributed by atoms with E-state index in [4.69, 9.17) is 0 Å². The third-order valence-electron chi connectivity index (χ3n) is 10.3. The number of aromatic nitrogens is 1. The fourth-order valence-corrected chi connectivity index (χ4v) is 8.09. The number of benzene rings is 9. The smallest absolute Gasteiger partial charge is 0.0547 e. The van der Waals surface area contributed by atoms with Gasteiger partial charge in [-0.1, -0.05) is 152 Å². The van der Waals surface area contributed by atoms with Crippen LogP contribution < -0.4 is 4.90 Å². The fraction of sp³-hybridized carbons (Fsp3) is 0. The molecule has 0 atom stereocenters. The summed E-state index contributed by atoms with van der Waals surface area (Å²) in [5, 5.41) is 7.47. The maximum absolute atomic E-state index is 2.44. The van der Waals surface area contributed by atoms with E-state index in [0.717, 1.165) is 22.7 Å². The van der Waals surface area contributed by atoms with Gasteiger partial charge >= 0.3 is 0 Å². The van der Waals surface area contributed by atoms with Crippen LogP contribution >= 0.6 is 0 Å². The molecule has 2 nitrogen and oxygen atoms in total. The summed E-state index contributed by atoms with van der Waals surface area (Å²) in [4.78, 5) is 2.44. The number of rotatable bonds is 6. The van der Waals surface area contributed by atoms with Gasteiger partial charge in [-0.3, -0.25) is 0 Å². The lowest BCUT2D eigenvalue weighted by atomic mass is 9.94. The van der Waals surface area contributed by atoms with Gasteiger partial charge in [-0.05, 0) is 87.4 Å². The number of anilines is 3. The zero-order valence-corrected chi connectivity index (χ0v) is 28.5. The second-order valence-electron chi connectivity index (χ2n) is 13.3. The van der Waals surface area contributed by atoms with Crippen molar-refractivity contribution in [1.29, 1.82) is 0 Å². The minimum Gasteiger partial charge on any atom is -0.309 e. The van der Waals surface area contributed by atoms with E-state index in [1.54, 1.807) is 0 Å². The molecular weight excluding hydrogens is 629 g/mol. The molecule has 244 valence electrons. The van der Waals surface area contributed by atoms with Gasteiger partial charge in [0.1, 0.15) is 0 Å². The minimum absolute atomic E-state index is 1.12. The number of nitrogens with zero attached hydrogens (tertiary/aromatic N) is 2. The Labute approximate surface area is 303 Å². The van der Waals surface area contributed by atoms with E-state index in [0.29, 0.717) is 0 Å². The molecule has 0 aliphatic carbocycles. The molecule has 2 heteroatoms. The summed E-state index contributed by atoms with van der Waals surface area (Å²) in [6, 6.07) is 74.6. The van der Waals surface area contributed by atoms with Crippen molar-refractivity contribution in [2.45, 2.75) is 0 Å². The quantitative estimate of drug-likeness (QED) is 0.161. The largest absolute Gasteiger partial charge is 0.309 e. The maximum Gasteiger partial charge on any atom is 0.0547 e. The van der Waals surface area contributed by atoms with Gasteiger partial charge in [-0.15, -0.1) is 0 Å². The lowest BCUT2D eigenvalue weighted by molar-refractivity contribution is 1.18. The lowest BCUT2D eigenvalue weighted by Gasteiger charge is -2.29. The van der Waals surface area contributed by atoms with E-state index < -0.39 is 0 Å². The Hall–Kier alpha value is -6.90. The van der Waals surface area contributed by atoms with Gasteiger partial charge in [0.05, 0.1) is 22.4 Å². The maximum atomic E-state index is 2.44. The van der Waals surface area contributed by atoms with Crippen LogP contribution in [-0.2, 0) is 0 Å². The van der Waals surface area contributed by atoms with Gasteiger partial charge < -0.3 is 9.47 Å². The molecule has 0 fully saturated rings. The average Bonchev–Trinajstić information content (AvgIpc) is 3.57. The van der Waals surface area contributed by atoms with Crippen molar-refractivity contribution in [3.63, 3.8) is 0 Å². The van der Waals surface area contributed by atoms with E-state index in [9.17, 15) is 0 Å². The monoisotopic (exact) mass is 662 g/mol. The zero-order valence-electron chi connectivity index (χ0n) is 28.5. The standard InChI is InChI=1S/C50H34N2/c1-3-20-38(21-4-1)51-47-31-14-12-28-45(47)50-42(29-16-32-48(50)51)36-19-15-18-35(33-36)41-25-11-13-30-46(41)52(39-22-5-2-6-23-39)49-34-37-17-7-8-24-40(37)43-26-9-10-27-44(43)49/h1-34H. The van der Waals surface area contributed by atoms with Crippen LogP contribution in [0.15, 0.2) is 206 Å². The van der Waals surface area contributed by atoms with Crippen LogP contribution in [0.3, 0.4) is 0 Å². The van der Waals surface area contributed by atoms with Crippen molar-refractivity contribution >= 4 is 60.4 Å². The van der Waals surface area contributed by atoms with Crippen LogP contribution in [0, 0.1) is 0 Å². The number of fused-ring (bicyclic) bond motifs is 6. The molecule has 0 saturated heterocycles. The number of para-hydroxylation sites is 4. The number of hydrogen-bond donors (Lipinski definition) is 0. The summed E-state index contributed by atoms with van der Waals surface area (Å²) < 4.78 is 2.39. The predicted molar refractivity (Wildman–Crippen MR) is 221 cm³/mol. The molecule has 0 radical (unpaired) electrons. The van der Waals surface area contributed by atoms with Crippen molar-refractivity contribution in [2.24, 2.45) is 0 Å². The highest BCUT2D eigenvalue weighted by atomic mass is 15.1. The third kappa shape index (κ3) is 4.88. The Balaban J connectivity index is 1.19. The molecule has 0 N–H and O–H groups in total. The van der Waals surface area contributed by atoms with Crippen LogP contribution in [0.4, 0.5) is 17.1 Å². The lowest BCUT2D eigenvalue weighted by Crippen LogP contribution is -2.11. The van der Waals surface area contributed by atoms with Gasteiger partial charge in [-0.25, -0.2) is 0 Å². The predicted octanol–water partition coefficient (Wildman–Crippen LogP) is 13.9. The van der Waals surface area contributed by atoms with Gasteiger partial charge in [0.2, 0.25) is 0 Å². The summed E-state index contributed by atoms with van der Waals surface area (Å²) in [6.07, 6.45) is 0. The zero-order chi connectivity index (χ0) is 34.4. The Bertz CT molecular complexity index is 2900. The molecule has 0 aliphatic rings. The molecule has 1 heterocycles. The summed E-state index contributed by atoms with van der Waals surface area (Å²) in [5.41, 5.74) is 11.7. The van der Waals surface area contributed by atoms with Gasteiger partial charge in [0, 0.05) is 33.1 Å². The van der Waals surface area contributed by atoms with Crippen molar-refractivity contribution < 1.29 is 0 Å². The summed E-state index contributed by atoms with van der Waals surface area (Å²) in [7, 11) is 0. The molecular formula is C50H34N2. The molecule has 52 heavy (non-hydrogen) atoms. The van der Waals surface area contributed by atoms with E-state index in [1.807, 2.05) is 0 Å². The van der Waals surface area contributed by atoms with Crippen molar-refractivity contribution in [3.8, 4) is 27.9 Å². The van der Waals surface area contributed by atoms with Gasteiger partial charge in [0.15, 0.2) is 0 Å². The van der Waals surface area contributed by atoms with Crippen LogP contribution in [0.2, 0.25) is 0 Å². The van der Waals surface area contributed by atoms with Crippen LogP contribution in [0.25, 0.3) is 71.3 Å². The average molecular weight is 663 g/mol. The molecule has 1 aromatic heterocycles. The highest BCUT2D eigenvalue weighted by molar-refractivity contribution is 6.17. The summed E-state index contributed by atoms with van der Waals surface area (Å²) in [5.74, 6) is 0. The van der Waals surface area contributed by atoms with Crippen molar-refractivity contribution in [3.05, 3.63) is 206 Å². The van der Waals surface area contributed by atoms with Crippen molar-refractivity contribution in [2.75, 3.05) is 4.90 Å². The first kappa shape index (κ1) is 30.0. The Morgan fingerprint density at radius 1 is 0.346 bits per heavy atom. The molecule has 0 amide bonds. The Morgan fingerprint density at radius 2 is 0.923 bits per heavy atom. The van der Waals surface area contributed by atoms with Crippen LogP contribution in [0.5, 0.6) is 0 Å². The van der Waals surface area contributed by atoms with Gasteiger partial charge in [0.25, 0.3) is 0 Å². The first-order valence-corrected chi connectivity index (χ1v) is 17.9. The highest BCUT2D eigenvalue weighted by Crippen LogP contribution is 2.46. The highest BCUT2D eigenvalue weighted by Gasteiger charge is 2.21. The van der Waals surface area contributed by atoms with Crippen molar-refractivity contribution in [1.82, 2.24) is 4.57 Å². The second-order valence-corrected chi connectivity index (χ2v) is 13.3. The Morgan fingerprint density at radius 3 is 1.75 bits per heavy atom. The molecule has 0 aliphatic heterocycles. The van der Waals surface area contributed by atoms with E-state index >= 15 is 0 Å². The topological polar surface area (TPSA) is 8.17 Å². The van der Waals surface area contributed by atoms with E-state index in [2.05, 4.69) is 216 Å². The summed E-state index contributed by atoms with van der Waals surface area (Å²) >= 11 is 0. The van der Waals surface area contributed by atoms with Crippen LogP contribution in [0.1, 0.15) is 0 Å². The third-order valence-corrected chi connectivity index (χ3v) is 10.3. The van der Waals surface area contributed by atoms with E-state index in [1.165, 1.54) is 65.6 Å². The molecule has 10 rings (SSSR count). The van der Waals surface area contributed by atoms with E-state index in [-0.39, 0.29) is 0 Å². The molecule has 10 aromatic rings. The SMILES string of the molecule is c1ccc(N(c2ccccc2-c2cccc(-c3cccc4c3c3ccccc3n4-c3ccccc3)c2)c2cc3ccccc3c3ccccc23)cc1. The summed E-state index contributed by atoms with van der Waals surface area (Å²) in [6.45, 7) is 0. The molecule has 0 bridgehead atoms. The second kappa shape index (κ2) is 12.5. The number of hydrogen-bond acceptors (Lipinski definition) is 1. The molecule has 0 saturated carbocycles. The minimum atomic E-state index is 1.12. The molecule has 0 spiro atoms. The van der Waals surface area contributed by atoms with Crippen LogP contribution in [-0.4, -0.2) is 4.57 Å². The first-order chi connectivity index (χ1) is 25.8. The Kier molecular flexibility index (Phi) is 7.18. The molecule has 0 unspecified atom stereocenters. The normalized spacial score (nSPS) is 11.5. The van der Waals surface area contributed by atoms with Gasteiger partial charge in [-0.2, -0.15) is 0 Å². The molecule has 9 aromatic carbocycles. The first-order valence-electron chi connectivity index (χ1n) is 17.9. The fourth-order valence-electron chi connectivity index (χ4n) is 8.09.